The van der Waals surface area contributed by atoms with Gasteiger partial charge in [0.15, 0.2) is 5.96 Å². The molecule has 7 nitrogen and oxygen atoms in total. The fourth-order valence-electron chi connectivity index (χ4n) is 3.01. The summed E-state index contributed by atoms with van der Waals surface area (Å²) in [5.41, 5.74) is 2.51. The summed E-state index contributed by atoms with van der Waals surface area (Å²) >= 11 is 0. The molecule has 1 aliphatic rings. The SMILES string of the molecule is CN=C(NCCN(C)CCCOC)NCc1ccc(N2CCOCC2)cc1.I. The number of hydrogen-bond acceptors (Lipinski definition) is 5. The zero-order valence-corrected chi connectivity index (χ0v) is 19.8. The zero-order valence-electron chi connectivity index (χ0n) is 17.4. The number of halogens is 1. The van der Waals surface area contributed by atoms with Gasteiger partial charge in [-0.1, -0.05) is 12.1 Å². The lowest BCUT2D eigenvalue weighted by Crippen LogP contribution is -2.40. The minimum absolute atomic E-state index is 0. The maximum absolute atomic E-state index is 5.41. The molecular formula is C20H36IN5O2. The Morgan fingerprint density at radius 2 is 1.89 bits per heavy atom. The van der Waals surface area contributed by atoms with E-state index in [1.165, 1.54) is 11.3 Å². The molecule has 1 aromatic carbocycles. The average molecular weight is 505 g/mol. The van der Waals surface area contributed by atoms with Crippen molar-refractivity contribution in [1.29, 1.82) is 0 Å². The molecule has 0 saturated carbocycles. The summed E-state index contributed by atoms with van der Waals surface area (Å²) in [6.07, 6.45) is 1.06. The van der Waals surface area contributed by atoms with Gasteiger partial charge in [-0.15, -0.1) is 24.0 Å². The van der Waals surface area contributed by atoms with Crippen molar-refractivity contribution in [2.24, 2.45) is 4.99 Å². The number of morpholine rings is 1. The number of nitrogens with one attached hydrogen (secondary N) is 2. The van der Waals surface area contributed by atoms with E-state index in [-0.39, 0.29) is 24.0 Å². The van der Waals surface area contributed by atoms with Crippen molar-refractivity contribution in [1.82, 2.24) is 15.5 Å². The van der Waals surface area contributed by atoms with Gasteiger partial charge in [-0.25, -0.2) is 0 Å². The van der Waals surface area contributed by atoms with Crippen LogP contribution in [-0.4, -0.2) is 84.6 Å². The summed E-state index contributed by atoms with van der Waals surface area (Å²) in [7, 11) is 5.68. The molecule has 1 heterocycles. The van der Waals surface area contributed by atoms with Crippen molar-refractivity contribution in [2.45, 2.75) is 13.0 Å². The Bertz CT molecular complexity index is 550. The number of guanidine groups is 1. The van der Waals surface area contributed by atoms with E-state index >= 15 is 0 Å². The molecule has 28 heavy (non-hydrogen) atoms. The first kappa shape index (κ1) is 24.9. The van der Waals surface area contributed by atoms with Gasteiger partial charge in [0.05, 0.1) is 13.2 Å². The normalized spacial score (nSPS) is 14.7. The molecule has 160 valence electrons. The third kappa shape index (κ3) is 9.40. The van der Waals surface area contributed by atoms with Crippen molar-refractivity contribution < 1.29 is 9.47 Å². The van der Waals surface area contributed by atoms with Gasteiger partial charge in [0.1, 0.15) is 0 Å². The first-order valence-corrected chi connectivity index (χ1v) is 9.76. The van der Waals surface area contributed by atoms with Gasteiger partial charge in [-0.05, 0) is 31.2 Å². The van der Waals surface area contributed by atoms with Gasteiger partial charge >= 0.3 is 0 Å². The van der Waals surface area contributed by atoms with Gasteiger partial charge in [-0.3, -0.25) is 4.99 Å². The van der Waals surface area contributed by atoms with Crippen molar-refractivity contribution >= 4 is 35.6 Å². The molecule has 1 saturated heterocycles. The molecule has 2 rings (SSSR count). The number of hydrogen-bond donors (Lipinski definition) is 2. The van der Waals surface area contributed by atoms with Gasteiger partial charge < -0.3 is 29.9 Å². The molecule has 2 N–H and O–H groups in total. The monoisotopic (exact) mass is 505 g/mol. The third-order valence-corrected chi connectivity index (χ3v) is 4.67. The molecule has 0 amide bonds. The van der Waals surface area contributed by atoms with E-state index < -0.39 is 0 Å². The van der Waals surface area contributed by atoms with E-state index in [1.807, 2.05) is 0 Å². The van der Waals surface area contributed by atoms with Gasteiger partial charge in [0.2, 0.25) is 0 Å². The molecule has 1 fully saturated rings. The number of aliphatic imine (C=N–C) groups is 1. The predicted octanol–water partition coefficient (Wildman–Crippen LogP) is 1.77. The molecular weight excluding hydrogens is 469 g/mol. The van der Waals surface area contributed by atoms with E-state index in [0.29, 0.717) is 0 Å². The lowest BCUT2D eigenvalue weighted by Gasteiger charge is -2.29. The summed E-state index contributed by atoms with van der Waals surface area (Å²) in [5, 5.41) is 6.75. The quantitative estimate of drug-likeness (QED) is 0.219. The zero-order chi connectivity index (χ0) is 19.3. The van der Waals surface area contributed by atoms with Gasteiger partial charge in [0.25, 0.3) is 0 Å². The van der Waals surface area contributed by atoms with Crippen LogP contribution in [-0.2, 0) is 16.0 Å². The van der Waals surface area contributed by atoms with Gasteiger partial charge in [-0.2, -0.15) is 0 Å². The Kier molecular flexibility index (Phi) is 13.2. The summed E-state index contributed by atoms with van der Waals surface area (Å²) in [4.78, 5) is 8.96. The van der Waals surface area contributed by atoms with Crippen LogP contribution < -0.4 is 15.5 Å². The Hall–Kier alpha value is -1.10. The second-order valence-electron chi connectivity index (χ2n) is 6.77. The van der Waals surface area contributed by atoms with E-state index in [4.69, 9.17) is 9.47 Å². The lowest BCUT2D eigenvalue weighted by molar-refractivity contribution is 0.122. The molecule has 0 aromatic heterocycles. The molecule has 0 spiro atoms. The standard InChI is InChI=1S/C20H35N5O2.HI/c1-21-20(22-9-11-24(2)10-4-14-26-3)23-17-18-5-7-19(8-6-18)25-12-15-27-16-13-25;/h5-8H,4,9-17H2,1-3H3,(H2,21,22,23);1H. The number of rotatable bonds is 10. The van der Waals surface area contributed by atoms with Crippen LogP contribution in [0.4, 0.5) is 5.69 Å². The highest BCUT2D eigenvalue weighted by atomic mass is 127. The summed E-state index contributed by atoms with van der Waals surface area (Å²) in [6, 6.07) is 8.73. The van der Waals surface area contributed by atoms with Crippen LogP contribution in [0.25, 0.3) is 0 Å². The second kappa shape index (κ2) is 14.8. The molecule has 0 radical (unpaired) electrons. The van der Waals surface area contributed by atoms with E-state index in [1.54, 1.807) is 14.2 Å². The summed E-state index contributed by atoms with van der Waals surface area (Å²) < 4.78 is 10.5. The first-order chi connectivity index (χ1) is 13.2. The lowest BCUT2D eigenvalue weighted by atomic mass is 10.2. The molecule has 1 aliphatic heterocycles. The van der Waals surface area contributed by atoms with Crippen LogP contribution in [0.15, 0.2) is 29.3 Å². The van der Waals surface area contributed by atoms with E-state index in [2.05, 4.69) is 56.7 Å². The highest BCUT2D eigenvalue weighted by molar-refractivity contribution is 14.0. The van der Waals surface area contributed by atoms with E-state index in [0.717, 1.165) is 71.5 Å². The highest BCUT2D eigenvalue weighted by Gasteiger charge is 2.10. The topological polar surface area (TPSA) is 61.4 Å². The van der Waals surface area contributed by atoms with Crippen molar-refractivity contribution in [3.63, 3.8) is 0 Å². The van der Waals surface area contributed by atoms with Crippen LogP contribution in [0.3, 0.4) is 0 Å². The van der Waals surface area contributed by atoms with Gasteiger partial charge in [0, 0.05) is 65.7 Å². The summed E-state index contributed by atoms with van der Waals surface area (Å²) in [5.74, 6) is 0.831. The van der Waals surface area contributed by atoms with Crippen LogP contribution in [0.1, 0.15) is 12.0 Å². The Balaban J connectivity index is 0.00000392. The number of anilines is 1. The van der Waals surface area contributed by atoms with Crippen molar-refractivity contribution in [3.8, 4) is 0 Å². The predicted molar refractivity (Wildman–Crippen MR) is 127 cm³/mol. The summed E-state index contributed by atoms with van der Waals surface area (Å²) in [6.45, 7) is 7.99. The third-order valence-electron chi connectivity index (χ3n) is 4.67. The Morgan fingerprint density at radius 3 is 2.54 bits per heavy atom. The number of likely N-dealkylation sites (N-methyl/N-ethyl adjacent to an activating group) is 1. The van der Waals surface area contributed by atoms with Crippen LogP contribution in [0, 0.1) is 0 Å². The molecule has 1 aromatic rings. The molecule has 0 atom stereocenters. The fourth-order valence-corrected chi connectivity index (χ4v) is 3.01. The van der Waals surface area contributed by atoms with Crippen molar-refractivity contribution in [2.75, 3.05) is 78.6 Å². The molecule has 0 aliphatic carbocycles. The van der Waals surface area contributed by atoms with Crippen molar-refractivity contribution in [3.05, 3.63) is 29.8 Å². The largest absolute Gasteiger partial charge is 0.385 e. The average Bonchev–Trinajstić information content (AvgIpc) is 2.72. The second-order valence-corrected chi connectivity index (χ2v) is 6.77. The maximum Gasteiger partial charge on any atom is 0.191 e. The number of nitrogens with zero attached hydrogens (tertiary/aromatic N) is 3. The smallest absolute Gasteiger partial charge is 0.191 e. The fraction of sp³-hybridized carbons (Fsp3) is 0.650. The number of benzene rings is 1. The number of ether oxygens (including phenoxy) is 2. The Morgan fingerprint density at radius 1 is 1.18 bits per heavy atom. The maximum atomic E-state index is 5.41. The minimum atomic E-state index is 0. The van der Waals surface area contributed by atoms with Crippen LogP contribution in [0.5, 0.6) is 0 Å². The first-order valence-electron chi connectivity index (χ1n) is 9.76. The minimum Gasteiger partial charge on any atom is -0.385 e. The number of methoxy groups -OCH3 is 1. The van der Waals surface area contributed by atoms with Crippen LogP contribution in [0.2, 0.25) is 0 Å². The molecule has 0 bridgehead atoms. The highest BCUT2D eigenvalue weighted by Crippen LogP contribution is 2.16. The van der Waals surface area contributed by atoms with Crippen LogP contribution >= 0.6 is 24.0 Å². The molecule has 8 heteroatoms. The van der Waals surface area contributed by atoms with E-state index in [9.17, 15) is 0 Å². The Labute approximate surface area is 186 Å². The molecule has 0 unspecified atom stereocenters.